The van der Waals surface area contributed by atoms with Gasteiger partial charge in [-0.15, -0.1) is 0 Å². The van der Waals surface area contributed by atoms with E-state index in [2.05, 4.69) is 15.9 Å². The topological polar surface area (TPSA) is 35.2 Å². The quantitative estimate of drug-likeness (QED) is 0.723. The highest BCUT2D eigenvalue weighted by Gasteiger charge is 2.50. The molecule has 3 unspecified atom stereocenters. The van der Waals surface area contributed by atoms with Crippen molar-refractivity contribution < 1.29 is 17.9 Å². The number of benzene rings is 1. The lowest BCUT2D eigenvalue weighted by Crippen LogP contribution is -2.48. The molecular weight excluding hydrogens is 347 g/mol. The van der Waals surface area contributed by atoms with Crippen molar-refractivity contribution in [2.24, 2.45) is 11.7 Å². The van der Waals surface area contributed by atoms with Crippen molar-refractivity contribution in [1.29, 1.82) is 0 Å². The molecule has 1 saturated carbocycles. The first-order chi connectivity index (χ1) is 9.79. The Balaban J connectivity index is 1.90. The fourth-order valence-corrected chi connectivity index (χ4v) is 3.91. The zero-order valence-electron chi connectivity index (χ0n) is 11.4. The van der Waals surface area contributed by atoms with Crippen molar-refractivity contribution in [1.82, 2.24) is 0 Å². The van der Waals surface area contributed by atoms with Gasteiger partial charge in [-0.2, -0.15) is 13.2 Å². The summed E-state index contributed by atoms with van der Waals surface area (Å²) in [6.07, 6.45) is -2.34. The molecule has 0 aromatic heterocycles. The molecule has 2 nitrogen and oxygen atoms in total. The van der Waals surface area contributed by atoms with Gasteiger partial charge in [0.1, 0.15) is 11.4 Å². The minimum absolute atomic E-state index is 0.0101. The lowest BCUT2D eigenvalue weighted by Gasteiger charge is -2.46. The summed E-state index contributed by atoms with van der Waals surface area (Å²) in [5.74, 6) is -0.668. The van der Waals surface area contributed by atoms with E-state index in [1.807, 2.05) is 12.1 Å². The molecule has 21 heavy (non-hydrogen) atoms. The number of rotatable bonds is 0. The van der Waals surface area contributed by atoms with Crippen molar-refractivity contribution in [2.45, 2.75) is 49.9 Å². The SMILES string of the molecule is NC1CC2(CCCC(C(F)(F)F)C2)Oc2cc(Br)ccc21. The molecule has 116 valence electrons. The molecule has 1 aromatic carbocycles. The van der Waals surface area contributed by atoms with Crippen LogP contribution in [-0.2, 0) is 0 Å². The minimum atomic E-state index is -4.15. The van der Waals surface area contributed by atoms with Crippen LogP contribution < -0.4 is 10.5 Å². The van der Waals surface area contributed by atoms with Crippen LogP contribution in [0.15, 0.2) is 22.7 Å². The Morgan fingerprint density at radius 1 is 1.29 bits per heavy atom. The van der Waals surface area contributed by atoms with E-state index in [-0.39, 0.29) is 18.9 Å². The normalized spacial score (nSPS) is 32.6. The van der Waals surface area contributed by atoms with Gasteiger partial charge in [0.25, 0.3) is 0 Å². The fourth-order valence-electron chi connectivity index (χ4n) is 3.57. The zero-order chi connectivity index (χ0) is 15.3. The van der Waals surface area contributed by atoms with Crippen LogP contribution in [0.3, 0.4) is 0 Å². The van der Waals surface area contributed by atoms with E-state index < -0.39 is 17.7 Å². The summed E-state index contributed by atoms with van der Waals surface area (Å²) in [4.78, 5) is 0. The Bertz CT molecular complexity index is 548. The highest BCUT2D eigenvalue weighted by molar-refractivity contribution is 9.10. The van der Waals surface area contributed by atoms with Gasteiger partial charge < -0.3 is 10.5 Å². The molecule has 6 heteroatoms. The van der Waals surface area contributed by atoms with E-state index in [1.54, 1.807) is 6.07 Å². The van der Waals surface area contributed by atoms with Crippen LogP contribution in [-0.4, -0.2) is 11.8 Å². The second-order valence-corrected chi connectivity index (χ2v) is 7.03. The second-order valence-electron chi connectivity index (χ2n) is 6.11. The molecule has 0 saturated heterocycles. The average molecular weight is 364 g/mol. The van der Waals surface area contributed by atoms with Crippen LogP contribution in [0.1, 0.15) is 43.7 Å². The molecular formula is C15H17BrF3NO. The fraction of sp³-hybridized carbons (Fsp3) is 0.600. The van der Waals surface area contributed by atoms with E-state index in [9.17, 15) is 13.2 Å². The van der Waals surface area contributed by atoms with Gasteiger partial charge in [-0.3, -0.25) is 0 Å². The van der Waals surface area contributed by atoms with Crippen molar-refractivity contribution in [3.05, 3.63) is 28.2 Å². The summed E-state index contributed by atoms with van der Waals surface area (Å²) in [6, 6.07) is 5.28. The van der Waals surface area contributed by atoms with E-state index in [0.717, 1.165) is 10.0 Å². The summed E-state index contributed by atoms with van der Waals surface area (Å²) < 4.78 is 46.0. The third-order valence-corrected chi connectivity index (χ3v) is 5.05. The Hall–Kier alpha value is -0.750. The monoisotopic (exact) mass is 363 g/mol. The standard InChI is InChI=1S/C15H17BrF3NO/c16-10-3-4-11-12(20)8-14(21-13(11)6-10)5-1-2-9(7-14)15(17,18)19/h3-4,6,9,12H,1-2,5,7-8,20H2. The summed E-state index contributed by atoms with van der Waals surface area (Å²) >= 11 is 3.37. The predicted octanol–water partition coefficient (Wildman–Crippen LogP) is 4.72. The molecule has 2 aliphatic rings. The van der Waals surface area contributed by atoms with Gasteiger partial charge in [0.2, 0.25) is 0 Å². The Morgan fingerprint density at radius 2 is 2.05 bits per heavy atom. The van der Waals surface area contributed by atoms with Crippen LogP contribution in [0.4, 0.5) is 13.2 Å². The van der Waals surface area contributed by atoms with Crippen LogP contribution in [0.25, 0.3) is 0 Å². The van der Waals surface area contributed by atoms with Crippen molar-refractivity contribution >= 4 is 15.9 Å². The smallest absolute Gasteiger partial charge is 0.391 e. The first-order valence-electron chi connectivity index (χ1n) is 7.10. The van der Waals surface area contributed by atoms with Gasteiger partial charge in [-0.1, -0.05) is 22.0 Å². The van der Waals surface area contributed by atoms with Gasteiger partial charge >= 0.3 is 6.18 Å². The third kappa shape index (κ3) is 2.93. The summed E-state index contributed by atoms with van der Waals surface area (Å²) in [5.41, 5.74) is 6.28. The molecule has 1 aliphatic carbocycles. The molecule has 0 radical (unpaired) electrons. The van der Waals surface area contributed by atoms with E-state index in [1.165, 1.54) is 0 Å². The van der Waals surface area contributed by atoms with Gasteiger partial charge in [0.05, 0.1) is 5.92 Å². The van der Waals surface area contributed by atoms with Crippen LogP contribution >= 0.6 is 15.9 Å². The number of ether oxygens (including phenoxy) is 1. The number of hydrogen-bond acceptors (Lipinski definition) is 2. The average Bonchev–Trinajstić information content (AvgIpc) is 2.36. The maximum absolute atomic E-state index is 13.0. The third-order valence-electron chi connectivity index (χ3n) is 4.56. The number of hydrogen-bond donors (Lipinski definition) is 1. The largest absolute Gasteiger partial charge is 0.487 e. The Morgan fingerprint density at radius 3 is 2.76 bits per heavy atom. The Kier molecular flexibility index (Phi) is 3.72. The van der Waals surface area contributed by atoms with Crippen molar-refractivity contribution in [3.63, 3.8) is 0 Å². The first-order valence-corrected chi connectivity index (χ1v) is 7.89. The van der Waals surface area contributed by atoms with Crippen LogP contribution in [0.5, 0.6) is 5.75 Å². The molecule has 1 aromatic rings. The highest BCUT2D eigenvalue weighted by Crippen LogP contribution is 2.50. The van der Waals surface area contributed by atoms with E-state index >= 15 is 0 Å². The molecule has 1 aliphatic heterocycles. The number of nitrogens with two attached hydrogens (primary N) is 1. The lowest BCUT2D eigenvalue weighted by molar-refractivity contribution is -0.199. The van der Waals surface area contributed by atoms with E-state index in [0.29, 0.717) is 25.0 Å². The molecule has 0 amide bonds. The van der Waals surface area contributed by atoms with Gasteiger partial charge in [0, 0.05) is 22.5 Å². The molecule has 1 spiro atoms. The molecule has 3 rings (SSSR count). The molecule has 0 bridgehead atoms. The summed E-state index contributed by atoms with van der Waals surface area (Å²) in [7, 11) is 0. The maximum atomic E-state index is 13.0. The second kappa shape index (κ2) is 5.16. The number of fused-ring (bicyclic) bond motifs is 1. The minimum Gasteiger partial charge on any atom is -0.487 e. The molecule has 3 atom stereocenters. The molecule has 1 fully saturated rings. The van der Waals surface area contributed by atoms with Gasteiger partial charge in [-0.25, -0.2) is 0 Å². The van der Waals surface area contributed by atoms with Gasteiger partial charge in [0.15, 0.2) is 0 Å². The molecule has 2 N–H and O–H groups in total. The van der Waals surface area contributed by atoms with Gasteiger partial charge in [-0.05, 0) is 37.8 Å². The number of alkyl halides is 3. The first kappa shape index (κ1) is 15.2. The lowest BCUT2D eigenvalue weighted by atomic mass is 9.72. The zero-order valence-corrected chi connectivity index (χ0v) is 13.0. The summed E-state index contributed by atoms with van der Waals surface area (Å²) in [6.45, 7) is 0. The van der Waals surface area contributed by atoms with Crippen LogP contribution in [0, 0.1) is 5.92 Å². The highest BCUT2D eigenvalue weighted by atomic mass is 79.9. The maximum Gasteiger partial charge on any atom is 0.391 e. The van der Waals surface area contributed by atoms with Crippen molar-refractivity contribution in [3.8, 4) is 5.75 Å². The number of halogens is 4. The van der Waals surface area contributed by atoms with E-state index in [4.69, 9.17) is 10.5 Å². The van der Waals surface area contributed by atoms with Crippen LogP contribution in [0.2, 0.25) is 0 Å². The van der Waals surface area contributed by atoms with Crippen molar-refractivity contribution in [2.75, 3.05) is 0 Å². The Labute approximate surface area is 130 Å². The molecule has 1 heterocycles. The predicted molar refractivity (Wildman–Crippen MR) is 77.1 cm³/mol. The summed E-state index contributed by atoms with van der Waals surface area (Å²) in [5, 5.41) is 0.